The fourth-order valence-electron chi connectivity index (χ4n) is 1.81. The van der Waals surface area contributed by atoms with Gasteiger partial charge in [0.25, 0.3) is 5.69 Å². The van der Waals surface area contributed by atoms with E-state index < -0.39 is 0 Å². The van der Waals surface area contributed by atoms with Crippen LogP contribution in [0, 0.1) is 10.1 Å². The molecule has 1 aromatic carbocycles. The van der Waals surface area contributed by atoms with Gasteiger partial charge in [0, 0.05) is 17.1 Å². The number of halogens is 1. The molecular formula is C11H13BrN2O3. The first-order valence-corrected chi connectivity index (χ1v) is 6.21. The van der Waals surface area contributed by atoms with Gasteiger partial charge in [-0.2, -0.15) is 0 Å². The molecule has 1 N–H and O–H groups in total. The van der Waals surface area contributed by atoms with Crippen LogP contribution in [0.25, 0.3) is 0 Å². The van der Waals surface area contributed by atoms with E-state index in [0.717, 1.165) is 19.5 Å². The fourth-order valence-corrected chi connectivity index (χ4v) is 2.16. The van der Waals surface area contributed by atoms with E-state index in [-0.39, 0.29) is 23.3 Å². The molecule has 0 amide bonds. The summed E-state index contributed by atoms with van der Waals surface area (Å²) in [5, 5.41) is 14.1. The molecular weight excluding hydrogens is 288 g/mol. The Balaban J connectivity index is 2.06. The average Bonchev–Trinajstić information content (AvgIpc) is 2.80. The lowest BCUT2D eigenvalue weighted by molar-refractivity contribution is -0.386. The predicted molar refractivity (Wildman–Crippen MR) is 66.9 cm³/mol. The van der Waals surface area contributed by atoms with Crippen molar-refractivity contribution in [3.63, 3.8) is 0 Å². The Hall–Kier alpha value is -0.980. The molecule has 0 saturated carbocycles. The summed E-state index contributed by atoms with van der Waals surface area (Å²) in [5.74, 6) is 0. The third-order valence-corrected chi connectivity index (χ3v) is 3.23. The maximum Gasteiger partial charge on any atom is 0.276 e. The summed E-state index contributed by atoms with van der Waals surface area (Å²) in [6, 6.07) is 5.02. The summed E-state index contributed by atoms with van der Waals surface area (Å²) in [6.07, 6.45) is 1.13. The number of rotatable bonds is 4. The lowest BCUT2D eigenvalue weighted by atomic mass is 10.2. The lowest BCUT2D eigenvalue weighted by Crippen LogP contribution is -2.16. The Morgan fingerprint density at radius 1 is 1.59 bits per heavy atom. The van der Waals surface area contributed by atoms with E-state index in [4.69, 9.17) is 4.74 Å². The van der Waals surface area contributed by atoms with Crippen LogP contribution in [-0.4, -0.2) is 24.1 Å². The number of nitro benzene ring substituents is 1. The monoisotopic (exact) mass is 300 g/mol. The maximum atomic E-state index is 10.9. The van der Waals surface area contributed by atoms with Crippen molar-refractivity contribution in [2.24, 2.45) is 0 Å². The highest BCUT2D eigenvalue weighted by molar-refractivity contribution is 9.10. The quantitative estimate of drug-likeness (QED) is 0.684. The SMILES string of the molecule is O=[N+]([O-])c1cc(Br)ccc1COC1CCNC1. The van der Waals surface area contributed by atoms with Crippen molar-refractivity contribution >= 4 is 21.6 Å². The van der Waals surface area contributed by atoms with Crippen molar-refractivity contribution in [3.8, 4) is 0 Å². The first kappa shape index (κ1) is 12.5. The molecule has 1 atom stereocenters. The average molecular weight is 301 g/mol. The van der Waals surface area contributed by atoms with E-state index in [1.54, 1.807) is 12.1 Å². The number of hydrogen-bond donors (Lipinski definition) is 1. The molecule has 1 aliphatic rings. The molecule has 0 aromatic heterocycles. The summed E-state index contributed by atoms with van der Waals surface area (Å²) in [7, 11) is 0. The van der Waals surface area contributed by atoms with Crippen LogP contribution in [0.1, 0.15) is 12.0 Å². The topological polar surface area (TPSA) is 64.4 Å². The van der Waals surface area contributed by atoms with Crippen molar-refractivity contribution in [1.82, 2.24) is 5.32 Å². The van der Waals surface area contributed by atoms with Crippen LogP contribution in [0.5, 0.6) is 0 Å². The van der Waals surface area contributed by atoms with Crippen molar-refractivity contribution in [2.45, 2.75) is 19.1 Å². The van der Waals surface area contributed by atoms with Gasteiger partial charge in [-0.15, -0.1) is 0 Å². The minimum atomic E-state index is -0.379. The minimum Gasteiger partial charge on any atom is -0.372 e. The van der Waals surface area contributed by atoms with Crippen molar-refractivity contribution in [2.75, 3.05) is 13.1 Å². The number of nitrogens with zero attached hydrogens (tertiary/aromatic N) is 1. The van der Waals surface area contributed by atoms with E-state index in [0.29, 0.717) is 10.0 Å². The van der Waals surface area contributed by atoms with Crippen LogP contribution in [0.15, 0.2) is 22.7 Å². The van der Waals surface area contributed by atoms with E-state index in [9.17, 15) is 10.1 Å². The number of nitro groups is 1. The molecule has 1 unspecified atom stereocenters. The molecule has 1 aliphatic heterocycles. The predicted octanol–water partition coefficient (Wildman–Crippen LogP) is 2.24. The highest BCUT2D eigenvalue weighted by atomic mass is 79.9. The third kappa shape index (κ3) is 3.24. The number of hydrogen-bond acceptors (Lipinski definition) is 4. The van der Waals surface area contributed by atoms with Crippen LogP contribution in [-0.2, 0) is 11.3 Å². The zero-order valence-corrected chi connectivity index (χ0v) is 10.8. The number of nitrogens with one attached hydrogen (secondary N) is 1. The van der Waals surface area contributed by atoms with Gasteiger partial charge in [0.1, 0.15) is 0 Å². The smallest absolute Gasteiger partial charge is 0.276 e. The van der Waals surface area contributed by atoms with Crippen molar-refractivity contribution in [3.05, 3.63) is 38.3 Å². The molecule has 2 rings (SSSR count). The molecule has 0 bridgehead atoms. The largest absolute Gasteiger partial charge is 0.372 e. The van der Waals surface area contributed by atoms with Crippen LogP contribution in [0.3, 0.4) is 0 Å². The second-order valence-electron chi connectivity index (χ2n) is 3.96. The standard InChI is InChI=1S/C11H13BrN2O3/c12-9-2-1-8(11(5-9)14(15)16)7-17-10-3-4-13-6-10/h1-2,5,10,13H,3-4,6-7H2. The summed E-state index contributed by atoms with van der Waals surface area (Å²) in [5.41, 5.74) is 0.718. The Bertz CT molecular complexity index is 419. The van der Waals surface area contributed by atoms with E-state index in [1.807, 2.05) is 0 Å². The summed E-state index contributed by atoms with van der Waals surface area (Å²) < 4.78 is 6.34. The summed E-state index contributed by atoms with van der Waals surface area (Å²) in [4.78, 5) is 10.5. The number of benzene rings is 1. The molecule has 1 fully saturated rings. The Morgan fingerprint density at radius 3 is 3.06 bits per heavy atom. The normalized spacial score (nSPS) is 19.5. The molecule has 0 radical (unpaired) electrons. The van der Waals surface area contributed by atoms with Gasteiger partial charge in [-0.25, -0.2) is 0 Å². The second kappa shape index (κ2) is 5.57. The van der Waals surface area contributed by atoms with Gasteiger partial charge < -0.3 is 10.1 Å². The molecule has 0 spiro atoms. The maximum absolute atomic E-state index is 10.9. The van der Waals surface area contributed by atoms with E-state index >= 15 is 0 Å². The van der Waals surface area contributed by atoms with Gasteiger partial charge in [0.2, 0.25) is 0 Å². The Morgan fingerprint density at radius 2 is 2.41 bits per heavy atom. The zero-order valence-electron chi connectivity index (χ0n) is 9.19. The van der Waals surface area contributed by atoms with E-state index in [2.05, 4.69) is 21.2 Å². The first-order chi connectivity index (χ1) is 8.16. The van der Waals surface area contributed by atoms with Gasteiger partial charge in [0.05, 0.1) is 23.2 Å². The van der Waals surface area contributed by atoms with Gasteiger partial charge >= 0.3 is 0 Å². The Labute approximate surface area is 107 Å². The molecule has 1 saturated heterocycles. The molecule has 92 valence electrons. The van der Waals surface area contributed by atoms with Gasteiger partial charge in [-0.1, -0.05) is 15.9 Å². The van der Waals surface area contributed by atoms with Gasteiger partial charge in [0.15, 0.2) is 0 Å². The molecule has 5 nitrogen and oxygen atoms in total. The molecule has 17 heavy (non-hydrogen) atoms. The van der Waals surface area contributed by atoms with Crippen LogP contribution in [0.4, 0.5) is 5.69 Å². The summed E-state index contributed by atoms with van der Waals surface area (Å²) >= 11 is 3.23. The molecule has 1 aromatic rings. The van der Waals surface area contributed by atoms with Crippen LogP contribution in [0.2, 0.25) is 0 Å². The van der Waals surface area contributed by atoms with Gasteiger partial charge in [-0.05, 0) is 25.1 Å². The van der Waals surface area contributed by atoms with E-state index in [1.165, 1.54) is 6.07 Å². The minimum absolute atomic E-state index is 0.102. The third-order valence-electron chi connectivity index (χ3n) is 2.73. The zero-order chi connectivity index (χ0) is 12.3. The van der Waals surface area contributed by atoms with Gasteiger partial charge in [-0.3, -0.25) is 10.1 Å². The lowest BCUT2D eigenvalue weighted by Gasteiger charge is -2.10. The van der Waals surface area contributed by atoms with Crippen molar-refractivity contribution < 1.29 is 9.66 Å². The Kier molecular flexibility index (Phi) is 4.09. The molecule has 1 heterocycles. The van der Waals surface area contributed by atoms with Crippen LogP contribution >= 0.6 is 15.9 Å². The fraction of sp³-hybridized carbons (Fsp3) is 0.455. The summed E-state index contributed by atoms with van der Waals surface area (Å²) in [6.45, 7) is 2.06. The molecule has 0 aliphatic carbocycles. The van der Waals surface area contributed by atoms with Crippen LogP contribution < -0.4 is 5.32 Å². The molecule has 6 heteroatoms. The second-order valence-corrected chi connectivity index (χ2v) is 4.87. The van der Waals surface area contributed by atoms with Crippen molar-refractivity contribution in [1.29, 1.82) is 0 Å². The first-order valence-electron chi connectivity index (χ1n) is 5.42. The highest BCUT2D eigenvalue weighted by Gasteiger charge is 2.18. The number of ether oxygens (including phenoxy) is 1. The highest BCUT2D eigenvalue weighted by Crippen LogP contribution is 2.24.